The molecule has 1 unspecified atom stereocenters. The molecule has 0 amide bonds. The van der Waals surface area contributed by atoms with E-state index in [-0.39, 0.29) is 0 Å². The molecule has 1 aliphatic carbocycles. The molecule has 1 nitrogen and oxygen atoms in total. The Balaban J connectivity index is 2.09. The lowest BCUT2D eigenvalue weighted by atomic mass is 9.95. The Morgan fingerprint density at radius 2 is 1.94 bits per heavy atom. The summed E-state index contributed by atoms with van der Waals surface area (Å²) in [4.78, 5) is 0. The fourth-order valence-electron chi connectivity index (χ4n) is 1.98. The standard InChI is InChI=1S/C16H16IN/c1-12(14-7-3-4-8-15(14)17)10-11-13-6-2-5-9-16(13)18/h2-9,11-12,18H,10H2,1H3/b13-11-,18-16?. The van der Waals surface area contributed by atoms with Crippen LogP contribution in [0.1, 0.15) is 24.8 Å². The minimum atomic E-state index is 0.484. The molecule has 0 aliphatic heterocycles. The molecule has 1 N–H and O–H groups in total. The molecule has 0 saturated heterocycles. The first-order valence-electron chi connectivity index (χ1n) is 6.06. The third kappa shape index (κ3) is 3.19. The Hall–Kier alpha value is -1.16. The molecule has 0 fully saturated rings. The second-order valence-electron chi connectivity index (χ2n) is 4.45. The SMILES string of the molecule is CC(C/C=C1/C=CC=CC1=N)c1ccccc1I. The highest BCUT2D eigenvalue weighted by Gasteiger charge is 2.08. The molecule has 1 aromatic carbocycles. The third-order valence-electron chi connectivity index (χ3n) is 3.09. The largest absolute Gasteiger partial charge is 0.300 e. The third-order valence-corrected chi connectivity index (χ3v) is 4.07. The van der Waals surface area contributed by atoms with Gasteiger partial charge in [-0.05, 0) is 58.2 Å². The molecular weight excluding hydrogens is 333 g/mol. The number of rotatable bonds is 3. The summed E-state index contributed by atoms with van der Waals surface area (Å²) >= 11 is 2.39. The van der Waals surface area contributed by atoms with Crippen molar-refractivity contribution in [2.75, 3.05) is 0 Å². The van der Waals surface area contributed by atoms with E-state index in [9.17, 15) is 0 Å². The van der Waals surface area contributed by atoms with Crippen LogP contribution in [0, 0.1) is 8.98 Å². The average molecular weight is 349 g/mol. The predicted molar refractivity (Wildman–Crippen MR) is 86.3 cm³/mol. The topological polar surface area (TPSA) is 23.9 Å². The summed E-state index contributed by atoms with van der Waals surface area (Å²) in [6, 6.07) is 8.49. The maximum atomic E-state index is 7.83. The van der Waals surface area contributed by atoms with Gasteiger partial charge in [-0.25, -0.2) is 0 Å². The number of hydrogen-bond donors (Lipinski definition) is 1. The van der Waals surface area contributed by atoms with Crippen molar-refractivity contribution in [3.05, 3.63) is 69.4 Å². The second-order valence-corrected chi connectivity index (χ2v) is 5.61. The van der Waals surface area contributed by atoms with Crippen LogP contribution in [-0.4, -0.2) is 5.71 Å². The normalized spacial score (nSPS) is 18.3. The van der Waals surface area contributed by atoms with E-state index in [1.54, 1.807) is 0 Å². The first kappa shape index (κ1) is 13.3. The molecule has 0 saturated carbocycles. The molecular formula is C16H16IN. The van der Waals surface area contributed by atoms with E-state index < -0.39 is 0 Å². The molecule has 92 valence electrons. The molecule has 0 aromatic heterocycles. The van der Waals surface area contributed by atoms with Crippen molar-refractivity contribution in [3.8, 4) is 0 Å². The van der Waals surface area contributed by atoms with Crippen LogP contribution < -0.4 is 0 Å². The van der Waals surface area contributed by atoms with Crippen LogP contribution in [0.2, 0.25) is 0 Å². The molecule has 2 heteroatoms. The van der Waals surface area contributed by atoms with Gasteiger partial charge in [-0.1, -0.05) is 49.4 Å². The van der Waals surface area contributed by atoms with Gasteiger partial charge in [0.2, 0.25) is 0 Å². The maximum Gasteiger partial charge on any atom is 0.0608 e. The van der Waals surface area contributed by atoms with Crippen molar-refractivity contribution < 1.29 is 0 Å². The fraction of sp³-hybridized carbons (Fsp3) is 0.188. The van der Waals surface area contributed by atoms with E-state index in [2.05, 4.69) is 59.9 Å². The molecule has 1 atom stereocenters. The van der Waals surface area contributed by atoms with Gasteiger partial charge in [0.25, 0.3) is 0 Å². The van der Waals surface area contributed by atoms with Gasteiger partial charge in [0.05, 0.1) is 5.71 Å². The van der Waals surface area contributed by atoms with Crippen LogP contribution >= 0.6 is 22.6 Å². The van der Waals surface area contributed by atoms with E-state index in [0.717, 1.165) is 12.0 Å². The molecule has 1 aliphatic rings. The van der Waals surface area contributed by atoms with Crippen molar-refractivity contribution in [2.45, 2.75) is 19.3 Å². The summed E-state index contributed by atoms with van der Waals surface area (Å²) in [5, 5.41) is 7.83. The van der Waals surface area contributed by atoms with Gasteiger partial charge in [-0.15, -0.1) is 0 Å². The van der Waals surface area contributed by atoms with Crippen LogP contribution in [0.25, 0.3) is 0 Å². The van der Waals surface area contributed by atoms with Gasteiger partial charge >= 0.3 is 0 Å². The Morgan fingerprint density at radius 1 is 1.22 bits per heavy atom. The van der Waals surface area contributed by atoms with Gasteiger partial charge in [0, 0.05) is 3.57 Å². The number of benzene rings is 1. The summed E-state index contributed by atoms with van der Waals surface area (Å²) in [6.07, 6.45) is 10.9. The van der Waals surface area contributed by atoms with Crippen LogP contribution in [0.5, 0.6) is 0 Å². The zero-order valence-corrected chi connectivity index (χ0v) is 12.5. The molecule has 0 radical (unpaired) electrons. The van der Waals surface area contributed by atoms with Gasteiger partial charge in [0.1, 0.15) is 0 Å². The summed E-state index contributed by atoms with van der Waals surface area (Å²) in [5.74, 6) is 0.484. The minimum absolute atomic E-state index is 0.484. The van der Waals surface area contributed by atoms with Gasteiger partial charge in [-0.2, -0.15) is 0 Å². The Bertz CT molecular complexity index is 538. The highest BCUT2D eigenvalue weighted by molar-refractivity contribution is 14.1. The lowest BCUT2D eigenvalue weighted by molar-refractivity contribution is 0.775. The first-order chi connectivity index (χ1) is 8.68. The molecule has 1 aromatic rings. The smallest absolute Gasteiger partial charge is 0.0608 e. The summed E-state index contributed by atoms with van der Waals surface area (Å²) in [6.45, 7) is 2.24. The van der Waals surface area contributed by atoms with E-state index >= 15 is 0 Å². The van der Waals surface area contributed by atoms with Crippen LogP contribution in [0.15, 0.2) is 60.2 Å². The van der Waals surface area contributed by atoms with Gasteiger partial charge in [0.15, 0.2) is 0 Å². The summed E-state index contributed by atoms with van der Waals surface area (Å²) < 4.78 is 1.31. The number of halogens is 1. The summed E-state index contributed by atoms with van der Waals surface area (Å²) in [7, 11) is 0. The van der Waals surface area contributed by atoms with Crippen LogP contribution in [0.4, 0.5) is 0 Å². The Labute approximate surface area is 122 Å². The number of nitrogens with one attached hydrogen (secondary N) is 1. The number of allylic oxidation sites excluding steroid dienone is 6. The zero-order valence-electron chi connectivity index (χ0n) is 10.4. The minimum Gasteiger partial charge on any atom is -0.300 e. The maximum absolute atomic E-state index is 7.83. The van der Waals surface area contributed by atoms with Crippen molar-refractivity contribution in [3.63, 3.8) is 0 Å². The van der Waals surface area contributed by atoms with Crippen molar-refractivity contribution >= 4 is 28.3 Å². The van der Waals surface area contributed by atoms with E-state index in [0.29, 0.717) is 11.6 Å². The molecule has 2 rings (SSSR count). The highest BCUT2D eigenvalue weighted by atomic mass is 127. The zero-order chi connectivity index (χ0) is 13.0. The van der Waals surface area contributed by atoms with Gasteiger partial charge in [-0.3, -0.25) is 0 Å². The first-order valence-corrected chi connectivity index (χ1v) is 7.14. The summed E-state index contributed by atoms with van der Waals surface area (Å²) in [5.41, 5.74) is 3.01. The predicted octanol–water partition coefficient (Wildman–Crippen LogP) is 4.86. The van der Waals surface area contributed by atoms with Crippen LogP contribution in [-0.2, 0) is 0 Å². The van der Waals surface area contributed by atoms with Crippen molar-refractivity contribution in [2.24, 2.45) is 0 Å². The number of hydrogen-bond acceptors (Lipinski definition) is 1. The second kappa shape index (κ2) is 6.14. The molecule has 18 heavy (non-hydrogen) atoms. The lowest BCUT2D eigenvalue weighted by Crippen LogP contribution is -2.00. The quantitative estimate of drug-likeness (QED) is 0.754. The highest BCUT2D eigenvalue weighted by Crippen LogP contribution is 2.25. The van der Waals surface area contributed by atoms with E-state index in [4.69, 9.17) is 5.41 Å². The Kier molecular flexibility index (Phi) is 4.53. The fourth-order valence-corrected chi connectivity index (χ4v) is 2.90. The van der Waals surface area contributed by atoms with Crippen molar-refractivity contribution in [1.82, 2.24) is 0 Å². The lowest BCUT2D eigenvalue weighted by Gasteiger charge is -2.12. The Morgan fingerprint density at radius 3 is 2.67 bits per heavy atom. The molecule has 0 bridgehead atoms. The van der Waals surface area contributed by atoms with E-state index in [1.807, 2.05) is 24.3 Å². The van der Waals surface area contributed by atoms with E-state index in [1.165, 1.54) is 9.13 Å². The van der Waals surface area contributed by atoms with Crippen molar-refractivity contribution in [1.29, 1.82) is 5.41 Å². The molecule has 0 heterocycles. The average Bonchev–Trinajstić information content (AvgIpc) is 2.38. The molecule has 0 spiro atoms. The van der Waals surface area contributed by atoms with Gasteiger partial charge < -0.3 is 5.41 Å². The monoisotopic (exact) mass is 349 g/mol. The van der Waals surface area contributed by atoms with Crippen LogP contribution in [0.3, 0.4) is 0 Å².